The molecule has 22 heavy (non-hydrogen) atoms. The number of anilines is 1. The van der Waals surface area contributed by atoms with Crippen molar-refractivity contribution < 1.29 is 4.74 Å². The minimum absolute atomic E-state index is 0.587. The average molecular weight is 364 g/mol. The Morgan fingerprint density at radius 1 is 1.23 bits per heavy atom. The zero-order valence-corrected chi connectivity index (χ0v) is 14.9. The second-order valence-corrected chi connectivity index (χ2v) is 6.04. The summed E-state index contributed by atoms with van der Waals surface area (Å²) in [6, 6.07) is 6.41. The molecule has 0 spiro atoms. The molecule has 0 unspecified atom stereocenters. The molecule has 0 bridgehead atoms. The van der Waals surface area contributed by atoms with Crippen LogP contribution in [0.4, 0.5) is 5.82 Å². The van der Waals surface area contributed by atoms with E-state index in [1.54, 1.807) is 6.33 Å². The van der Waals surface area contributed by atoms with Crippen LogP contribution in [0.15, 0.2) is 29.0 Å². The molecule has 0 aliphatic heterocycles. The van der Waals surface area contributed by atoms with Crippen molar-refractivity contribution in [3.8, 4) is 5.75 Å². The Bertz CT molecular complexity index is 631. The lowest BCUT2D eigenvalue weighted by molar-refractivity contribution is 0.330. The van der Waals surface area contributed by atoms with Gasteiger partial charge in [-0.3, -0.25) is 0 Å². The van der Waals surface area contributed by atoms with Crippen molar-refractivity contribution in [1.29, 1.82) is 0 Å². The fraction of sp³-hybridized carbons (Fsp3) is 0.412. The first kappa shape index (κ1) is 16.7. The molecule has 0 atom stereocenters. The zero-order valence-electron chi connectivity index (χ0n) is 13.3. The Morgan fingerprint density at radius 2 is 2.05 bits per heavy atom. The molecule has 1 N–H and O–H groups in total. The second-order valence-electron chi connectivity index (χ2n) is 5.25. The Labute approximate surface area is 140 Å². The van der Waals surface area contributed by atoms with Crippen LogP contribution in [0.1, 0.15) is 30.2 Å². The standard InChI is InChI=1S/C17H22BrN3O/c1-4-5-14-6-7-15(12(2)10-14)22-9-8-19-17-16(18)13(3)20-11-21-17/h6-7,10-11H,4-5,8-9H2,1-3H3,(H,19,20,21). The van der Waals surface area contributed by atoms with Crippen LogP contribution < -0.4 is 10.1 Å². The maximum Gasteiger partial charge on any atom is 0.144 e. The van der Waals surface area contributed by atoms with Crippen LogP contribution in [0.25, 0.3) is 0 Å². The molecule has 1 aromatic carbocycles. The SMILES string of the molecule is CCCc1ccc(OCCNc2ncnc(C)c2Br)c(C)c1. The van der Waals surface area contributed by atoms with Crippen LogP contribution in [0.5, 0.6) is 5.75 Å². The maximum atomic E-state index is 5.84. The van der Waals surface area contributed by atoms with Crippen molar-refractivity contribution in [3.05, 3.63) is 45.8 Å². The van der Waals surface area contributed by atoms with Gasteiger partial charge in [0.25, 0.3) is 0 Å². The number of rotatable bonds is 7. The van der Waals surface area contributed by atoms with Crippen molar-refractivity contribution in [2.75, 3.05) is 18.5 Å². The number of aromatic nitrogens is 2. The predicted octanol–water partition coefficient (Wildman–Crippen LogP) is 4.30. The van der Waals surface area contributed by atoms with Crippen LogP contribution in [-0.2, 0) is 6.42 Å². The van der Waals surface area contributed by atoms with E-state index in [0.29, 0.717) is 13.2 Å². The van der Waals surface area contributed by atoms with Crippen molar-refractivity contribution in [1.82, 2.24) is 9.97 Å². The van der Waals surface area contributed by atoms with Gasteiger partial charge in [-0.05, 0) is 53.4 Å². The van der Waals surface area contributed by atoms with Crippen LogP contribution in [0, 0.1) is 13.8 Å². The third kappa shape index (κ3) is 4.44. The summed E-state index contributed by atoms with van der Waals surface area (Å²) in [7, 11) is 0. The highest BCUT2D eigenvalue weighted by Crippen LogP contribution is 2.22. The van der Waals surface area contributed by atoms with E-state index in [9.17, 15) is 0 Å². The molecule has 1 heterocycles. The fourth-order valence-electron chi connectivity index (χ4n) is 2.23. The molecule has 0 saturated heterocycles. The summed E-state index contributed by atoms with van der Waals surface area (Å²) in [5, 5.41) is 3.25. The highest BCUT2D eigenvalue weighted by Gasteiger charge is 2.05. The summed E-state index contributed by atoms with van der Waals surface area (Å²) in [4.78, 5) is 8.33. The molecule has 0 fully saturated rings. The van der Waals surface area contributed by atoms with Gasteiger partial charge in [0.05, 0.1) is 16.7 Å². The number of ether oxygens (including phenoxy) is 1. The largest absolute Gasteiger partial charge is 0.491 e. The zero-order chi connectivity index (χ0) is 15.9. The van der Waals surface area contributed by atoms with Crippen LogP contribution in [-0.4, -0.2) is 23.1 Å². The Hall–Kier alpha value is -1.62. The molecule has 4 nitrogen and oxygen atoms in total. The number of hydrogen-bond acceptors (Lipinski definition) is 4. The summed E-state index contributed by atoms with van der Waals surface area (Å²) in [6.45, 7) is 7.49. The van der Waals surface area contributed by atoms with Crippen molar-refractivity contribution in [3.63, 3.8) is 0 Å². The second kappa shape index (κ2) is 8.13. The lowest BCUT2D eigenvalue weighted by Gasteiger charge is -2.12. The first-order valence-corrected chi connectivity index (χ1v) is 8.34. The molecule has 2 aromatic rings. The smallest absolute Gasteiger partial charge is 0.144 e. The lowest BCUT2D eigenvalue weighted by Crippen LogP contribution is -2.13. The Morgan fingerprint density at radius 3 is 2.77 bits per heavy atom. The highest BCUT2D eigenvalue weighted by atomic mass is 79.9. The van der Waals surface area contributed by atoms with Gasteiger partial charge < -0.3 is 10.1 Å². The summed E-state index contributed by atoms with van der Waals surface area (Å²) >= 11 is 3.48. The number of aryl methyl sites for hydroxylation is 3. The van der Waals surface area contributed by atoms with E-state index in [0.717, 1.165) is 34.6 Å². The molecule has 0 aliphatic carbocycles. The van der Waals surface area contributed by atoms with E-state index in [2.05, 4.69) is 63.3 Å². The van der Waals surface area contributed by atoms with E-state index >= 15 is 0 Å². The molecule has 2 rings (SSSR count). The number of halogens is 1. The third-order valence-electron chi connectivity index (χ3n) is 3.39. The van der Waals surface area contributed by atoms with Crippen molar-refractivity contribution >= 4 is 21.7 Å². The normalized spacial score (nSPS) is 10.5. The lowest BCUT2D eigenvalue weighted by atomic mass is 10.1. The minimum atomic E-state index is 0.587. The number of hydrogen-bond donors (Lipinski definition) is 1. The van der Waals surface area contributed by atoms with Gasteiger partial charge in [0.1, 0.15) is 24.5 Å². The van der Waals surface area contributed by atoms with Crippen LogP contribution in [0.3, 0.4) is 0 Å². The van der Waals surface area contributed by atoms with Crippen LogP contribution >= 0.6 is 15.9 Å². The predicted molar refractivity (Wildman–Crippen MR) is 93.6 cm³/mol. The van der Waals surface area contributed by atoms with Gasteiger partial charge in [-0.15, -0.1) is 0 Å². The molecular formula is C17H22BrN3O. The maximum absolute atomic E-state index is 5.84. The summed E-state index contributed by atoms with van der Waals surface area (Å²) in [5.41, 5.74) is 3.47. The summed E-state index contributed by atoms with van der Waals surface area (Å²) < 4.78 is 6.74. The average Bonchev–Trinajstić information content (AvgIpc) is 2.50. The first-order valence-electron chi connectivity index (χ1n) is 7.55. The molecule has 0 saturated carbocycles. The highest BCUT2D eigenvalue weighted by molar-refractivity contribution is 9.10. The quantitative estimate of drug-likeness (QED) is 0.745. The van der Waals surface area contributed by atoms with Gasteiger partial charge in [0, 0.05) is 0 Å². The fourth-order valence-corrected chi connectivity index (χ4v) is 2.57. The molecule has 0 aliphatic rings. The van der Waals surface area contributed by atoms with E-state index in [1.807, 2.05) is 6.92 Å². The molecule has 118 valence electrons. The number of benzene rings is 1. The van der Waals surface area contributed by atoms with Gasteiger partial charge in [-0.2, -0.15) is 0 Å². The number of nitrogens with one attached hydrogen (secondary N) is 1. The van der Waals surface area contributed by atoms with Crippen LogP contribution in [0.2, 0.25) is 0 Å². The molecular weight excluding hydrogens is 342 g/mol. The minimum Gasteiger partial charge on any atom is -0.491 e. The van der Waals surface area contributed by atoms with Gasteiger partial charge >= 0.3 is 0 Å². The molecule has 5 heteroatoms. The van der Waals surface area contributed by atoms with E-state index in [1.165, 1.54) is 11.1 Å². The van der Waals surface area contributed by atoms with Gasteiger partial charge in [-0.25, -0.2) is 9.97 Å². The first-order chi connectivity index (χ1) is 10.6. The van der Waals surface area contributed by atoms with Gasteiger partial charge in [0.15, 0.2) is 0 Å². The third-order valence-corrected chi connectivity index (χ3v) is 4.34. The topological polar surface area (TPSA) is 47.0 Å². The van der Waals surface area contributed by atoms with E-state index in [-0.39, 0.29) is 0 Å². The van der Waals surface area contributed by atoms with Gasteiger partial charge in [-0.1, -0.05) is 25.5 Å². The monoisotopic (exact) mass is 363 g/mol. The Balaban J connectivity index is 1.85. The molecule has 0 amide bonds. The van der Waals surface area contributed by atoms with Crippen molar-refractivity contribution in [2.45, 2.75) is 33.6 Å². The molecule has 0 radical (unpaired) electrons. The van der Waals surface area contributed by atoms with Crippen molar-refractivity contribution in [2.24, 2.45) is 0 Å². The van der Waals surface area contributed by atoms with Gasteiger partial charge in [0.2, 0.25) is 0 Å². The Kier molecular flexibility index (Phi) is 6.19. The molecule has 1 aromatic heterocycles. The van der Waals surface area contributed by atoms with E-state index in [4.69, 9.17) is 4.74 Å². The summed E-state index contributed by atoms with van der Waals surface area (Å²) in [6.07, 6.45) is 3.83. The summed E-state index contributed by atoms with van der Waals surface area (Å²) in [5.74, 6) is 1.74. The number of nitrogens with zero attached hydrogens (tertiary/aromatic N) is 2. The van der Waals surface area contributed by atoms with E-state index < -0.39 is 0 Å².